The quantitative estimate of drug-likeness (QED) is 0.215. The Hall–Kier alpha value is -3.81. The molecule has 230 valence electrons. The van der Waals surface area contributed by atoms with Crippen LogP contribution in [-0.2, 0) is 14.3 Å². The average molecular weight is 580 g/mol. The van der Waals surface area contributed by atoms with Gasteiger partial charge in [0.05, 0.1) is 7.11 Å². The molecule has 0 aliphatic heterocycles. The lowest BCUT2D eigenvalue weighted by molar-refractivity contribution is -0.141. The molecule has 42 heavy (non-hydrogen) atoms. The number of carbonyl (C=O) groups excluding carboxylic acids is 3. The lowest BCUT2D eigenvalue weighted by Gasteiger charge is -2.35. The van der Waals surface area contributed by atoms with Crippen LogP contribution in [0.5, 0.6) is 5.75 Å². The van der Waals surface area contributed by atoms with Gasteiger partial charge in [0, 0.05) is 12.2 Å². The summed E-state index contributed by atoms with van der Waals surface area (Å²) in [5.41, 5.74) is 1.34. The number of amides is 3. The van der Waals surface area contributed by atoms with Crippen LogP contribution in [0.25, 0.3) is 6.08 Å². The third-order valence-corrected chi connectivity index (χ3v) is 6.77. The van der Waals surface area contributed by atoms with Crippen LogP contribution < -0.4 is 15.4 Å². The van der Waals surface area contributed by atoms with Crippen molar-refractivity contribution in [1.29, 1.82) is 0 Å². The normalized spacial score (nSPS) is 12.7. The molecule has 2 N–H and O–H groups in total. The molecule has 2 aromatic carbocycles. The number of nitrogens with zero attached hydrogens (tertiary/aromatic N) is 1. The van der Waals surface area contributed by atoms with Gasteiger partial charge in [0.25, 0.3) is 5.91 Å². The summed E-state index contributed by atoms with van der Waals surface area (Å²) in [5.74, 6) is -0.286. The van der Waals surface area contributed by atoms with E-state index in [0.29, 0.717) is 23.5 Å². The molecule has 2 atom stereocenters. The molecule has 0 radical (unpaired) electrons. The summed E-state index contributed by atoms with van der Waals surface area (Å²) >= 11 is 0. The summed E-state index contributed by atoms with van der Waals surface area (Å²) in [7, 11) is 1.58. The van der Waals surface area contributed by atoms with Gasteiger partial charge in [-0.1, -0.05) is 77.3 Å². The Balaban J connectivity index is 2.54. The van der Waals surface area contributed by atoms with E-state index in [4.69, 9.17) is 9.47 Å². The summed E-state index contributed by atoms with van der Waals surface area (Å²) in [6.07, 6.45) is 5.91. The van der Waals surface area contributed by atoms with Crippen molar-refractivity contribution >= 4 is 29.7 Å². The van der Waals surface area contributed by atoms with Crippen molar-refractivity contribution in [3.05, 3.63) is 66.2 Å². The first-order chi connectivity index (χ1) is 19.9. The van der Waals surface area contributed by atoms with Gasteiger partial charge in [-0.3, -0.25) is 9.59 Å². The van der Waals surface area contributed by atoms with Crippen LogP contribution in [0.2, 0.25) is 0 Å². The molecule has 2 aromatic rings. The molecule has 0 saturated carbocycles. The van der Waals surface area contributed by atoms with E-state index in [0.717, 1.165) is 37.7 Å². The van der Waals surface area contributed by atoms with Gasteiger partial charge < -0.3 is 25.0 Å². The topological polar surface area (TPSA) is 97.0 Å². The summed E-state index contributed by atoms with van der Waals surface area (Å²) < 4.78 is 10.7. The molecule has 0 aromatic heterocycles. The van der Waals surface area contributed by atoms with E-state index in [9.17, 15) is 14.4 Å². The Morgan fingerprint density at radius 3 is 2.24 bits per heavy atom. The smallest absolute Gasteiger partial charge is 0.408 e. The highest BCUT2D eigenvalue weighted by Crippen LogP contribution is 2.28. The van der Waals surface area contributed by atoms with Crippen LogP contribution in [0.1, 0.15) is 90.8 Å². The van der Waals surface area contributed by atoms with Gasteiger partial charge >= 0.3 is 6.09 Å². The second kappa shape index (κ2) is 16.6. The Kier molecular flexibility index (Phi) is 13.6. The summed E-state index contributed by atoms with van der Waals surface area (Å²) in [4.78, 5) is 42.8. The number of unbranched alkanes of at least 4 members (excludes halogenated alkanes) is 4. The van der Waals surface area contributed by atoms with Crippen LogP contribution in [0, 0.1) is 5.92 Å². The SMILES string of the molecule is C=Cc1cccc(C(C(=O)Nc2ccc(OC)cc2)N(CCCCCCC)C(=O)C(NC(=O)OC(C)(C)C)C(C)C)c1. The molecule has 8 heteroatoms. The second-order valence-corrected chi connectivity index (χ2v) is 11.8. The van der Waals surface area contributed by atoms with Crippen molar-refractivity contribution in [2.75, 3.05) is 19.0 Å². The number of alkyl carbamates (subject to hydrolysis) is 1. The predicted molar refractivity (Wildman–Crippen MR) is 169 cm³/mol. The number of ether oxygens (including phenoxy) is 2. The summed E-state index contributed by atoms with van der Waals surface area (Å²) in [5, 5.41) is 5.77. The summed E-state index contributed by atoms with van der Waals surface area (Å²) in [6.45, 7) is 15.4. The third kappa shape index (κ3) is 10.9. The predicted octanol–water partition coefficient (Wildman–Crippen LogP) is 7.37. The minimum absolute atomic E-state index is 0.252. The molecule has 0 aliphatic rings. The van der Waals surface area contributed by atoms with Crippen molar-refractivity contribution in [2.24, 2.45) is 5.92 Å². The molecule has 8 nitrogen and oxygen atoms in total. The third-order valence-electron chi connectivity index (χ3n) is 6.77. The van der Waals surface area contributed by atoms with Gasteiger partial charge in [-0.2, -0.15) is 0 Å². The average Bonchev–Trinajstić information content (AvgIpc) is 2.94. The standard InChI is InChI=1S/C34H49N3O5/c1-9-11-12-13-14-22-37(32(39)29(24(3)4)36-33(40)42-34(5,6)7)30(26-17-15-16-25(10-2)23-26)31(38)35-27-18-20-28(41-8)21-19-27/h10,15-21,23-24,29-30H,2,9,11-14,22H2,1,3-8H3,(H,35,38)(H,36,40). The zero-order chi connectivity index (χ0) is 31.3. The maximum atomic E-state index is 14.4. The van der Waals surface area contributed by atoms with E-state index in [1.807, 2.05) is 38.1 Å². The van der Waals surface area contributed by atoms with Crippen molar-refractivity contribution in [3.8, 4) is 5.75 Å². The highest BCUT2D eigenvalue weighted by molar-refractivity contribution is 5.99. The van der Waals surface area contributed by atoms with Crippen LogP contribution in [0.4, 0.5) is 10.5 Å². The Labute approximate surface area is 251 Å². The fourth-order valence-corrected chi connectivity index (χ4v) is 4.59. The van der Waals surface area contributed by atoms with Gasteiger partial charge in [0.2, 0.25) is 5.91 Å². The highest BCUT2D eigenvalue weighted by atomic mass is 16.6. The van der Waals surface area contributed by atoms with Crippen molar-refractivity contribution in [2.45, 2.75) is 91.3 Å². The first-order valence-electron chi connectivity index (χ1n) is 14.9. The fraction of sp³-hybridized carbons (Fsp3) is 0.500. The first kappa shape index (κ1) is 34.4. The lowest BCUT2D eigenvalue weighted by Crippen LogP contribution is -2.54. The molecule has 2 unspecified atom stereocenters. The zero-order valence-corrected chi connectivity index (χ0v) is 26.4. The Bertz CT molecular complexity index is 1170. The molecule has 0 bridgehead atoms. The maximum Gasteiger partial charge on any atom is 0.408 e. The number of hydrogen-bond donors (Lipinski definition) is 2. The van der Waals surface area contributed by atoms with Gasteiger partial charge in [-0.15, -0.1) is 0 Å². The number of nitrogens with one attached hydrogen (secondary N) is 2. The lowest BCUT2D eigenvalue weighted by atomic mass is 9.97. The molecule has 3 amide bonds. The molecule has 0 heterocycles. The maximum absolute atomic E-state index is 14.4. The molecule has 0 spiro atoms. The number of anilines is 1. The van der Waals surface area contributed by atoms with Gasteiger partial charge in [-0.25, -0.2) is 4.79 Å². The van der Waals surface area contributed by atoms with Crippen molar-refractivity contribution < 1.29 is 23.9 Å². The van der Waals surface area contributed by atoms with E-state index in [1.165, 1.54) is 0 Å². The van der Waals surface area contributed by atoms with Gasteiger partial charge in [0.15, 0.2) is 0 Å². The van der Waals surface area contributed by atoms with E-state index in [-0.39, 0.29) is 17.7 Å². The van der Waals surface area contributed by atoms with Crippen LogP contribution >= 0.6 is 0 Å². The number of methoxy groups -OCH3 is 1. The molecular weight excluding hydrogens is 530 g/mol. The first-order valence-corrected chi connectivity index (χ1v) is 14.9. The van der Waals surface area contributed by atoms with E-state index < -0.39 is 23.8 Å². The van der Waals surface area contributed by atoms with E-state index in [1.54, 1.807) is 63.1 Å². The van der Waals surface area contributed by atoms with E-state index >= 15 is 0 Å². The largest absolute Gasteiger partial charge is 0.497 e. The Morgan fingerprint density at radius 2 is 1.67 bits per heavy atom. The minimum atomic E-state index is -0.952. The van der Waals surface area contributed by atoms with Gasteiger partial charge in [0.1, 0.15) is 23.4 Å². The van der Waals surface area contributed by atoms with Crippen molar-refractivity contribution in [3.63, 3.8) is 0 Å². The zero-order valence-electron chi connectivity index (χ0n) is 26.4. The number of hydrogen-bond acceptors (Lipinski definition) is 5. The number of benzene rings is 2. The highest BCUT2D eigenvalue weighted by Gasteiger charge is 2.37. The molecule has 2 rings (SSSR count). The molecule has 0 fully saturated rings. The van der Waals surface area contributed by atoms with E-state index in [2.05, 4.69) is 24.1 Å². The van der Waals surface area contributed by atoms with Crippen LogP contribution in [-0.4, -0.2) is 48.1 Å². The molecule has 0 aliphatic carbocycles. The number of carbonyl (C=O) groups is 3. The Morgan fingerprint density at radius 1 is 1.00 bits per heavy atom. The molecule has 0 saturated heterocycles. The van der Waals surface area contributed by atoms with Crippen LogP contribution in [0.3, 0.4) is 0 Å². The van der Waals surface area contributed by atoms with Crippen molar-refractivity contribution in [1.82, 2.24) is 10.2 Å². The fourth-order valence-electron chi connectivity index (χ4n) is 4.59. The minimum Gasteiger partial charge on any atom is -0.497 e. The van der Waals surface area contributed by atoms with Crippen LogP contribution in [0.15, 0.2) is 55.1 Å². The monoisotopic (exact) mass is 579 g/mol. The second-order valence-electron chi connectivity index (χ2n) is 11.8. The number of rotatable bonds is 15. The molecular formula is C34H49N3O5. The van der Waals surface area contributed by atoms with Gasteiger partial charge in [-0.05, 0) is 74.6 Å². The summed E-state index contributed by atoms with van der Waals surface area (Å²) in [6, 6.07) is 12.6.